The van der Waals surface area contributed by atoms with Crippen LogP contribution in [0.1, 0.15) is 31.5 Å². The zero-order valence-corrected chi connectivity index (χ0v) is 12.6. The van der Waals surface area contributed by atoms with Crippen molar-refractivity contribution in [3.63, 3.8) is 0 Å². The summed E-state index contributed by atoms with van der Waals surface area (Å²) in [5.41, 5.74) is 6.67. The Morgan fingerprint density at radius 2 is 2.11 bits per heavy atom. The number of hydrogen-bond acceptors (Lipinski definition) is 3. The molecule has 19 heavy (non-hydrogen) atoms. The van der Waals surface area contributed by atoms with Crippen LogP contribution in [0.15, 0.2) is 16.9 Å². The van der Waals surface area contributed by atoms with Gasteiger partial charge in [-0.25, -0.2) is 0 Å². The van der Waals surface area contributed by atoms with E-state index in [-0.39, 0.29) is 10.5 Å². The largest absolute Gasteiger partial charge is 0.389 e. The highest BCUT2D eigenvalue weighted by atomic mass is 32.1. The Bertz CT molecular complexity index is 495. The molecule has 106 valence electrons. The monoisotopic (exact) mass is 282 g/mol. The number of nitrogens with two attached hydrogens (primary N) is 1. The molecule has 0 aliphatic carbocycles. The highest BCUT2D eigenvalue weighted by Crippen LogP contribution is 2.01. The summed E-state index contributed by atoms with van der Waals surface area (Å²) in [6.07, 6.45) is 1.03. The third-order valence-corrected chi connectivity index (χ3v) is 3.18. The van der Waals surface area contributed by atoms with Crippen LogP contribution in [0.25, 0.3) is 0 Å². The van der Waals surface area contributed by atoms with Gasteiger partial charge in [-0.1, -0.05) is 26.1 Å². The quantitative estimate of drug-likeness (QED) is 0.612. The number of pyridine rings is 1. The Labute approximate surface area is 119 Å². The standard InChI is InChI=1S/C14H22N2O2S/c1-10(2)6-8-18-9-7-16-11(3)4-5-12(13(15)19)14(16)17/h4-5,10H,6-9H2,1-3H3,(H2,15,19). The molecule has 0 radical (unpaired) electrons. The molecule has 1 aromatic heterocycles. The van der Waals surface area contributed by atoms with Gasteiger partial charge in [0.05, 0.1) is 12.2 Å². The molecule has 0 aliphatic rings. The van der Waals surface area contributed by atoms with E-state index in [0.717, 1.165) is 18.7 Å². The number of nitrogens with zero attached hydrogens (tertiary/aromatic N) is 1. The van der Waals surface area contributed by atoms with E-state index in [0.29, 0.717) is 24.6 Å². The van der Waals surface area contributed by atoms with Gasteiger partial charge in [-0.2, -0.15) is 0 Å². The zero-order valence-electron chi connectivity index (χ0n) is 11.8. The molecular weight excluding hydrogens is 260 g/mol. The van der Waals surface area contributed by atoms with Crippen LogP contribution in [0.4, 0.5) is 0 Å². The van der Waals surface area contributed by atoms with Crippen molar-refractivity contribution in [2.75, 3.05) is 13.2 Å². The third kappa shape index (κ3) is 4.76. The maximum absolute atomic E-state index is 12.1. The predicted molar refractivity (Wildman–Crippen MR) is 81.6 cm³/mol. The van der Waals surface area contributed by atoms with E-state index in [1.807, 2.05) is 13.0 Å². The Morgan fingerprint density at radius 1 is 1.42 bits per heavy atom. The number of aromatic nitrogens is 1. The van der Waals surface area contributed by atoms with Crippen molar-refractivity contribution in [2.24, 2.45) is 11.7 Å². The Kier molecular flexibility index (Phi) is 6.18. The van der Waals surface area contributed by atoms with Crippen LogP contribution in [-0.2, 0) is 11.3 Å². The average Bonchev–Trinajstić information content (AvgIpc) is 2.31. The topological polar surface area (TPSA) is 57.2 Å². The van der Waals surface area contributed by atoms with Gasteiger partial charge in [-0.05, 0) is 31.4 Å². The van der Waals surface area contributed by atoms with Crippen LogP contribution in [0.3, 0.4) is 0 Å². The molecule has 0 saturated carbocycles. The number of thiocarbonyl (C=S) groups is 1. The third-order valence-electron chi connectivity index (χ3n) is 2.96. The number of aryl methyl sites for hydroxylation is 1. The summed E-state index contributed by atoms with van der Waals surface area (Å²) in [5, 5.41) is 0. The second-order valence-corrected chi connectivity index (χ2v) is 5.44. The van der Waals surface area contributed by atoms with Crippen LogP contribution in [0, 0.1) is 12.8 Å². The maximum atomic E-state index is 12.1. The average molecular weight is 282 g/mol. The lowest BCUT2D eigenvalue weighted by Gasteiger charge is -2.12. The van der Waals surface area contributed by atoms with Crippen molar-refractivity contribution in [3.05, 3.63) is 33.7 Å². The van der Waals surface area contributed by atoms with Gasteiger partial charge in [0.25, 0.3) is 5.56 Å². The first kappa shape index (κ1) is 15.9. The van der Waals surface area contributed by atoms with Crippen molar-refractivity contribution in [2.45, 2.75) is 33.7 Å². The van der Waals surface area contributed by atoms with Gasteiger partial charge in [0.2, 0.25) is 0 Å². The molecule has 0 saturated heterocycles. The SMILES string of the molecule is Cc1ccc(C(N)=S)c(=O)n1CCOCCC(C)C. The van der Waals surface area contributed by atoms with Gasteiger partial charge in [-0.3, -0.25) is 4.79 Å². The molecular formula is C14H22N2O2S. The van der Waals surface area contributed by atoms with Gasteiger partial charge in [0.1, 0.15) is 4.99 Å². The molecule has 1 heterocycles. The lowest BCUT2D eigenvalue weighted by atomic mass is 10.1. The van der Waals surface area contributed by atoms with Gasteiger partial charge in [-0.15, -0.1) is 0 Å². The molecule has 0 spiro atoms. The fourth-order valence-electron chi connectivity index (χ4n) is 1.71. The molecule has 0 amide bonds. The molecule has 1 rings (SSSR count). The minimum atomic E-state index is -0.139. The summed E-state index contributed by atoms with van der Waals surface area (Å²) in [7, 11) is 0. The smallest absolute Gasteiger partial charge is 0.261 e. The van der Waals surface area contributed by atoms with Crippen molar-refractivity contribution in [3.8, 4) is 0 Å². The summed E-state index contributed by atoms with van der Waals surface area (Å²) in [6.45, 7) is 7.97. The molecule has 4 nitrogen and oxygen atoms in total. The van der Waals surface area contributed by atoms with E-state index >= 15 is 0 Å². The Hall–Kier alpha value is -1.20. The van der Waals surface area contributed by atoms with Crippen molar-refractivity contribution in [1.29, 1.82) is 0 Å². The first-order valence-electron chi connectivity index (χ1n) is 6.51. The fourth-order valence-corrected chi connectivity index (χ4v) is 1.87. The molecule has 1 aromatic rings. The highest BCUT2D eigenvalue weighted by Gasteiger charge is 2.08. The minimum absolute atomic E-state index is 0.138. The molecule has 0 fully saturated rings. The first-order chi connectivity index (χ1) is 8.93. The lowest BCUT2D eigenvalue weighted by Crippen LogP contribution is -2.31. The van der Waals surface area contributed by atoms with Crippen molar-refractivity contribution in [1.82, 2.24) is 4.57 Å². The lowest BCUT2D eigenvalue weighted by molar-refractivity contribution is 0.115. The zero-order chi connectivity index (χ0) is 14.4. The highest BCUT2D eigenvalue weighted by molar-refractivity contribution is 7.80. The normalized spacial score (nSPS) is 10.9. The Morgan fingerprint density at radius 3 is 2.68 bits per heavy atom. The molecule has 0 aliphatic heterocycles. The molecule has 5 heteroatoms. The van der Waals surface area contributed by atoms with E-state index in [2.05, 4.69) is 13.8 Å². The van der Waals surface area contributed by atoms with Crippen molar-refractivity contribution >= 4 is 17.2 Å². The van der Waals surface area contributed by atoms with Crippen molar-refractivity contribution < 1.29 is 4.74 Å². The predicted octanol–water partition coefficient (Wildman–Crippen LogP) is 1.85. The number of rotatable bonds is 7. The molecule has 0 bridgehead atoms. The first-order valence-corrected chi connectivity index (χ1v) is 6.92. The van der Waals surface area contributed by atoms with Gasteiger partial charge in [0, 0.05) is 18.8 Å². The van der Waals surface area contributed by atoms with E-state index < -0.39 is 0 Å². The molecule has 0 unspecified atom stereocenters. The van der Waals surface area contributed by atoms with E-state index in [1.54, 1.807) is 10.6 Å². The summed E-state index contributed by atoms with van der Waals surface area (Å²) in [4.78, 5) is 12.3. The summed E-state index contributed by atoms with van der Waals surface area (Å²) in [6, 6.07) is 3.53. The molecule has 2 N–H and O–H groups in total. The molecule has 0 aromatic carbocycles. The van der Waals surface area contributed by atoms with E-state index in [4.69, 9.17) is 22.7 Å². The number of hydrogen-bond donors (Lipinski definition) is 1. The second kappa shape index (κ2) is 7.40. The number of ether oxygens (including phenoxy) is 1. The Balaban J connectivity index is 2.65. The van der Waals surface area contributed by atoms with E-state index in [9.17, 15) is 4.79 Å². The maximum Gasteiger partial charge on any atom is 0.261 e. The van der Waals surface area contributed by atoms with Gasteiger partial charge >= 0.3 is 0 Å². The van der Waals surface area contributed by atoms with Crippen LogP contribution in [0.5, 0.6) is 0 Å². The minimum Gasteiger partial charge on any atom is -0.389 e. The van der Waals surface area contributed by atoms with Crippen LogP contribution in [-0.4, -0.2) is 22.8 Å². The summed E-state index contributed by atoms with van der Waals surface area (Å²) < 4.78 is 7.19. The van der Waals surface area contributed by atoms with Gasteiger partial charge in [0.15, 0.2) is 0 Å². The van der Waals surface area contributed by atoms with E-state index in [1.165, 1.54) is 0 Å². The second-order valence-electron chi connectivity index (χ2n) is 5.00. The molecule has 0 atom stereocenters. The van der Waals surface area contributed by atoms with Crippen LogP contribution >= 0.6 is 12.2 Å². The van der Waals surface area contributed by atoms with Crippen LogP contribution < -0.4 is 11.3 Å². The summed E-state index contributed by atoms with van der Waals surface area (Å²) >= 11 is 4.87. The van der Waals surface area contributed by atoms with Gasteiger partial charge < -0.3 is 15.0 Å². The van der Waals surface area contributed by atoms with Crippen LogP contribution in [0.2, 0.25) is 0 Å². The fraction of sp³-hybridized carbons (Fsp3) is 0.571. The summed E-state index contributed by atoms with van der Waals surface area (Å²) in [5.74, 6) is 0.627.